The maximum Gasteiger partial charge on any atom is 0.120 e. The molecule has 3 aromatic rings. The van der Waals surface area contributed by atoms with Crippen LogP contribution in [0.25, 0.3) is 0 Å². The van der Waals surface area contributed by atoms with E-state index in [2.05, 4.69) is 78.3 Å². The Balaban J connectivity index is 1.42. The van der Waals surface area contributed by atoms with Crippen molar-refractivity contribution in [2.75, 3.05) is 5.32 Å². The standard InChI is InChI=1S/C24H23NOS/c1-16-12-13-27-24(16)23-20-9-5-8-19(20)21-14-18(10-11-22(21)25-23)26-15-17-6-3-2-4-7-17/h2-8,10-14,19-20,23,25H,9,15H2,1H3. The molecule has 1 aromatic heterocycles. The number of fused-ring (bicyclic) bond motifs is 3. The van der Waals surface area contributed by atoms with Crippen LogP contribution in [0.1, 0.15) is 39.9 Å². The van der Waals surface area contributed by atoms with Gasteiger partial charge in [0.1, 0.15) is 12.4 Å². The molecule has 2 aliphatic rings. The summed E-state index contributed by atoms with van der Waals surface area (Å²) in [6.45, 7) is 2.83. The predicted octanol–water partition coefficient (Wildman–Crippen LogP) is 6.46. The minimum atomic E-state index is 0.397. The summed E-state index contributed by atoms with van der Waals surface area (Å²) in [6.07, 6.45) is 5.87. The van der Waals surface area contributed by atoms with Crippen molar-refractivity contribution >= 4 is 17.0 Å². The van der Waals surface area contributed by atoms with Gasteiger partial charge >= 0.3 is 0 Å². The van der Waals surface area contributed by atoms with Gasteiger partial charge in [-0.25, -0.2) is 0 Å². The van der Waals surface area contributed by atoms with Crippen LogP contribution in [0.5, 0.6) is 5.75 Å². The lowest BCUT2D eigenvalue weighted by Gasteiger charge is -2.37. The number of anilines is 1. The van der Waals surface area contributed by atoms with Crippen LogP contribution in [0.2, 0.25) is 0 Å². The first kappa shape index (κ1) is 16.6. The lowest BCUT2D eigenvalue weighted by molar-refractivity contribution is 0.305. The monoisotopic (exact) mass is 373 g/mol. The lowest BCUT2D eigenvalue weighted by atomic mass is 9.78. The lowest BCUT2D eigenvalue weighted by Crippen LogP contribution is -2.28. The molecule has 3 atom stereocenters. The molecule has 0 radical (unpaired) electrons. The predicted molar refractivity (Wildman–Crippen MR) is 113 cm³/mol. The largest absolute Gasteiger partial charge is 0.489 e. The Bertz CT molecular complexity index is 975. The van der Waals surface area contributed by atoms with Crippen LogP contribution in [0.15, 0.2) is 72.1 Å². The van der Waals surface area contributed by atoms with Crippen LogP contribution >= 0.6 is 11.3 Å². The summed E-state index contributed by atoms with van der Waals surface area (Å²) in [5, 5.41) is 6.04. The molecular formula is C24H23NOS. The molecule has 0 bridgehead atoms. The number of hydrogen-bond acceptors (Lipinski definition) is 3. The minimum absolute atomic E-state index is 0.397. The second-order valence-electron chi connectivity index (χ2n) is 7.47. The summed E-state index contributed by atoms with van der Waals surface area (Å²) >= 11 is 1.87. The molecule has 0 saturated heterocycles. The van der Waals surface area contributed by atoms with Crippen LogP contribution in [0.4, 0.5) is 5.69 Å². The topological polar surface area (TPSA) is 21.3 Å². The van der Waals surface area contributed by atoms with E-state index in [4.69, 9.17) is 4.74 Å². The van der Waals surface area contributed by atoms with Crippen molar-refractivity contribution in [1.82, 2.24) is 0 Å². The van der Waals surface area contributed by atoms with Crippen molar-refractivity contribution < 1.29 is 4.74 Å². The first-order chi connectivity index (χ1) is 13.3. The van der Waals surface area contributed by atoms with Crippen molar-refractivity contribution in [2.24, 2.45) is 5.92 Å². The molecule has 1 N–H and O–H groups in total. The zero-order chi connectivity index (χ0) is 18.2. The number of thiophene rings is 1. The average molecular weight is 374 g/mol. The van der Waals surface area contributed by atoms with E-state index in [1.165, 1.54) is 27.3 Å². The first-order valence-electron chi connectivity index (χ1n) is 9.57. The average Bonchev–Trinajstić information content (AvgIpc) is 3.36. The van der Waals surface area contributed by atoms with E-state index in [1.54, 1.807) is 0 Å². The van der Waals surface area contributed by atoms with Gasteiger partial charge in [0.05, 0.1) is 6.04 Å². The van der Waals surface area contributed by atoms with E-state index in [9.17, 15) is 0 Å². The van der Waals surface area contributed by atoms with Crippen molar-refractivity contribution in [1.29, 1.82) is 0 Å². The molecule has 1 aliphatic carbocycles. The van der Waals surface area contributed by atoms with Crippen LogP contribution < -0.4 is 10.1 Å². The number of hydrogen-bond donors (Lipinski definition) is 1. The molecule has 27 heavy (non-hydrogen) atoms. The molecule has 2 heterocycles. The fourth-order valence-corrected chi connectivity index (χ4v) is 5.42. The zero-order valence-corrected chi connectivity index (χ0v) is 16.2. The molecule has 0 saturated carbocycles. The van der Waals surface area contributed by atoms with Gasteiger partial charge in [-0.3, -0.25) is 0 Å². The van der Waals surface area contributed by atoms with Gasteiger partial charge in [0.25, 0.3) is 0 Å². The summed E-state index contributed by atoms with van der Waals surface area (Å²) < 4.78 is 6.08. The van der Waals surface area contributed by atoms with Crippen LogP contribution in [-0.2, 0) is 6.61 Å². The van der Waals surface area contributed by atoms with Crippen molar-refractivity contribution in [3.63, 3.8) is 0 Å². The van der Waals surface area contributed by atoms with Gasteiger partial charge in [-0.1, -0.05) is 42.5 Å². The summed E-state index contributed by atoms with van der Waals surface area (Å²) in [7, 11) is 0. The van der Waals surface area contributed by atoms with Gasteiger partial charge in [-0.05, 0) is 65.6 Å². The van der Waals surface area contributed by atoms with E-state index < -0.39 is 0 Å². The Kier molecular flexibility index (Phi) is 4.25. The maximum atomic E-state index is 6.08. The van der Waals surface area contributed by atoms with Gasteiger partial charge in [-0.2, -0.15) is 0 Å². The Morgan fingerprint density at radius 1 is 1.11 bits per heavy atom. The molecule has 2 nitrogen and oxygen atoms in total. The number of ether oxygens (including phenoxy) is 1. The number of nitrogens with one attached hydrogen (secondary N) is 1. The van der Waals surface area contributed by atoms with E-state index in [0.29, 0.717) is 24.5 Å². The zero-order valence-electron chi connectivity index (χ0n) is 15.4. The summed E-state index contributed by atoms with van der Waals surface area (Å²) in [4.78, 5) is 1.48. The Hall–Kier alpha value is -2.52. The Morgan fingerprint density at radius 3 is 2.81 bits per heavy atom. The third-order valence-electron chi connectivity index (χ3n) is 5.77. The minimum Gasteiger partial charge on any atom is -0.489 e. The molecule has 5 rings (SSSR count). The molecule has 1 aliphatic heterocycles. The number of benzene rings is 2. The Morgan fingerprint density at radius 2 is 2.00 bits per heavy atom. The summed E-state index contributed by atoms with van der Waals surface area (Å²) in [5.74, 6) is 2.00. The van der Waals surface area contributed by atoms with Crippen LogP contribution in [-0.4, -0.2) is 0 Å². The van der Waals surface area contributed by atoms with Gasteiger partial charge in [0.15, 0.2) is 0 Å². The van der Waals surface area contributed by atoms with E-state index >= 15 is 0 Å². The quantitative estimate of drug-likeness (QED) is 0.530. The molecule has 3 heteroatoms. The third-order valence-corrected chi connectivity index (χ3v) is 6.87. The number of aryl methyl sites for hydroxylation is 1. The van der Waals surface area contributed by atoms with Gasteiger partial charge in [0.2, 0.25) is 0 Å². The third kappa shape index (κ3) is 3.06. The SMILES string of the molecule is Cc1ccsc1C1Nc2ccc(OCc3ccccc3)cc2C2C=CCC21. The molecule has 0 fully saturated rings. The second kappa shape index (κ2) is 6.90. The van der Waals surface area contributed by atoms with Crippen molar-refractivity contribution in [2.45, 2.75) is 31.9 Å². The highest BCUT2D eigenvalue weighted by Crippen LogP contribution is 2.51. The van der Waals surface area contributed by atoms with Crippen molar-refractivity contribution in [3.8, 4) is 5.75 Å². The van der Waals surface area contributed by atoms with E-state index in [1.807, 2.05) is 17.4 Å². The fourth-order valence-electron chi connectivity index (χ4n) is 4.37. The summed E-state index contributed by atoms with van der Waals surface area (Å²) in [5.41, 5.74) is 5.20. The highest BCUT2D eigenvalue weighted by molar-refractivity contribution is 7.10. The Labute approximate surface area is 164 Å². The molecule has 0 amide bonds. The van der Waals surface area contributed by atoms with Crippen LogP contribution in [0.3, 0.4) is 0 Å². The number of rotatable bonds is 4. The van der Waals surface area contributed by atoms with Crippen molar-refractivity contribution in [3.05, 3.63) is 93.7 Å². The number of allylic oxidation sites excluding steroid dienone is 2. The van der Waals surface area contributed by atoms with Gasteiger partial charge in [0, 0.05) is 16.5 Å². The molecule has 0 spiro atoms. The van der Waals surface area contributed by atoms with Gasteiger partial charge < -0.3 is 10.1 Å². The first-order valence-corrected chi connectivity index (χ1v) is 10.5. The normalized spacial score (nSPS) is 22.8. The molecule has 136 valence electrons. The van der Waals surface area contributed by atoms with E-state index in [0.717, 1.165) is 12.2 Å². The highest BCUT2D eigenvalue weighted by Gasteiger charge is 2.39. The van der Waals surface area contributed by atoms with Gasteiger partial charge in [-0.15, -0.1) is 11.3 Å². The molecular weight excluding hydrogens is 350 g/mol. The fraction of sp³-hybridized carbons (Fsp3) is 0.250. The second-order valence-corrected chi connectivity index (χ2v) is 8.41. The molecule has 3 unspecified atom stereocenters. The highest BCUT2D eigenvalue weighted by atomic mass is 32.1. The van der Waals surface area contributed by atoms with E-state index in [-0.39, 0.29) is 0 Å². The van der Waals surface area contributed by atoms with Crippen LogP contribution in [0, 0.1) is 12.8 Å². The molecule has 2 aromatic carbocycles. The smallest absolute Gasteiger partial charge is 0.120 e. The summed E-state index contributed by atoms with van der Waals surface area (Å²) in [6, 6.07) is 19.5. The maximum absolute atomic E-state index is 6.08.